The molecule has 0 unspecified atom stereocenters. The van der Waals surface area contributed by atoms with E-state index < -0.39 is 0 Å². The molecule has 2 heteroatoms. The summed E-state index contributed by atoms with van der Waals surface area (Å²) in [6, 6.07) is 0. The molecule has 1 saturated heterocycles. The van der Waals surface area contributed by atoms with Gasteiger partial charge in [0.15, 0.2) is 0 Å². The van der Waals surface area contributed by atoms with Gasteiger partial charge in [-0.25, -0.2) is 0 Å². The molecule has 4 rings (SSSR count). The van der Waals surface area contributed by atoms with Gasteiger partial charge < -0.3 is 9.47 Å². The van der Waals surface area contributed by atoms with Gasteiger partial charge in [-0.05, 0) is 74.3 Å². The van der Waals surface area contributed by atoms with Crippen LogP contribution in [0.2, 0.25) is 0 Å². The average Bonchev–Trinajstić information content (AvgIpc) is 2.88. The summed E-state index contributed by atoms with van der Waals surface area (Å²) in [6.07, 6.45) is 12.4. The number of allylic oxidation sites excluding steroid dienone is 4. The Morgan fingerprint density at radius 2 is 2.15 bits per heavy atom. The van der Waals surface area contributed by atoms with Crippen molar-refractivity contribution in [2.45, 2.75) is 51.0 Å². The van der Waals surface area contributed by atoms with Gasteiger partial charge >= 0.3 is 0 Å². The van der Waals surface area contributed by atoms with E-state index in [1.54, 1.807) is 12.7 Å². The van der Waals surface area contributed by atoms with Crippen LogP contribution in [-0.4, -0.2) is 19.3 Å². The molecule has 2 fully saturated rings. The topological polar surface area (TPSA) is 18.5 Å². The number of fused-ring (bicyclic) bond motifs is 5. The molecule has 2 nitrogen and oxygen atoms in total. The second-order valence-electron chi connectivity index (χ2n) is 7.32. The van der Waals surface area contributed by atoms with Gasteiger partial charge in [0, 0.05) is 13.0 Å². The largest absolute Gasteiger partial charge is 0.501 e. The lowest BCUT2D eigenvalue weighted by atomic mass is 9.56. The lowest BCUT2D eigenvalue weighted by Crippen LogP contribution is -2.47. The van der Waals surface area contributed by atoms with E-state index in [9.17, 15) is 0 Å². The maximum absolute atomic E-state index is 6.11. The van der Waals surface area contributed by atoms with E-state index in [0.717, 1.165) is 36.7 Å². The van der Waals surface area contributed by atoms with Crippen LogP contribution >= 0.6 is 0 Å². The molecule has 0 radical (unpaired) electrons. The first-order valence-electron chi connectivity index (χ1n) is 8.30. The zero-order chi connectivity index (χ0) is 13.7. The predicted molar refractivity (Wildman–Crippen MR) is 79.2 cm³/mol. The minimum atomic E-state index is 0.189. The van der Waals surface area contributed by atoms with Gasteiger partial charge in [-0.2, -0.15) is 0 Å². The molecule has 1 aliphatic heterocycles. The van der Waals surface area contributed by atoms with E-state index in [-0.39, 0.29) is 5.60 Å². The Balaban J connectivity index is 1.63. The summed E-state index contributed by atoms with van der Waals surface area (Å²) >= 11 is 0. The minimum Gasteiger partial charge on any atom is -0.501 e. The number of hydrogen-bond acceptors (Lipinski definition) is 2. The fourth-order valence-electron chi connectivity index (χ4n) is 5.49. The first kappa shape index (κ1) is 12.9. The lowest BCUT2D eigenvalue weighted by molar-refractivity contribution is -0.0739. The third-order valence-corrected chi connectivity index (χ3v) is 6.55. The second-order valence-corrected chi connectivity index (χ2v) is 7.32. The van der Waals surface area contributed by atoms with Gasteiger partial charge in [-0.3, -0.25) is 0 Å². The van der Waals surface area contributed by atoms with Gasteiger partial charge in [0.1, 0.15) is 0 Å². The zero-order valence-electron chi connectivity index (χ0n) is 12.7. The summed E-state index contributed by atoms with van der Waals surface area (Å²) in [7, 11) is 1.81. The summed E-state index contributed by atoms with van der Waals surface area (Å²) < 4.78 is 11.6. The van der Waals surface area contributed by atoms with Crippen LogP contribution < -0.4 is 0 Å². The quantitative estimate of drug-likeness (QED) is 0.717. The van der Waals surface area contributed by atoms with Gasteiger partial charge in [-0.15, -0.1) is 0 Å². The van der Waals surface area contributed by atoms with Crippen molar-refractivity contribution in [1.82, 2.24) is 0 Å². The Hall–Kier alpha value is -0.760. The molecule has 0 spiro atoms. The predicted octanol–water partition coefficient (Wildman–Crippen LogP) is 4.08. The fraction of sp³-hybridized carbons (Fsp3) is 0.778. The third kappa shape index (κ3) is 1.80. The molecule has 3 aliphatic carbocycles. The maximum Gasteiger partial charge on any atom is 0.0958 e. The smallest absolute Gasteiger partial charge is 0.0958 e. The second kappa shape index (κ2) is 4.62. The number of rotatable bonds is 1. The molecule has 20 heavy (non-hydrogen) atoms. The van der Waals surface area contributed by atoms with E-state index in [4.69, 9.17) is 9.47 Å². The molecule has 1 saturated carbocycles. The lowest BCUT2D eigenvalue weighted by Gasteiger charge is -2.50. The van der Waals surface area contributed by atoms with E-state index in [1.807, 2.05) is 0 Å². The van der Waals surface area contributed by atoms with E-state index in [1.165, 1.54) is 37.9 Å². The highest BCUT2D eigenvalue weighted by molar-refractivity contribution is 5.31. The highest BCUT2D eigenvalue weighted by Gasteiger charge is 2.52. The number of methoxy groups -OCH3 is 1. The maximum atomic E-state index is 6.11. The Morgan fingerprint density at radius 3 is 3.00 bits per heavy atom. The molecular formula is C18H26O2. The molecule has 5 atom stereocenters. The zero-order valence-corrected chi connectivity index (χ0v) is 12.7. The van der Waals surface area contributed by atoms with E-state index >= 15 is 0 Å². The molecule has 0 bridgehead atoms. The number of ether oxygens (including phenoxy) is 2. The number of hydrogen-bond donors (Lipinski definition) is 0. The molecule has 110 valence electrons. The molecule has 0 aromatic carbocycles. The van der Waals surface area contributed by atoms with Crippen molar-refractivity contribution >= 4 is 0 Å². The molecule has 0 amide bonds. The van der Waals surface area contributed by atoms with Crippen LogP contribution in [0.25, 0.3) is 0 Å². The van der Waals surface area contributed by atoms with Crippen LogP contribution in [0.5, 0.6) is 0 Å². The van der Waals surface area contributed by atoms with Crippen LogP contribution in [0.1, 0.15) is 45.4 Å². The molecule has 0 aromatic heterocycles. The third-order valence-electron chi connectivity index (χ3n) is 6.55. The van der Waals surface area contributed by atoms with Crippen LogP contribution in [0, 0.1) is 23.7 Å². The summed E-state index contributed by atoms with van der Waals surface area (Å²) in [5, 5.41) is 0. The first-order chi connectivity index (χ1) is 9.71. The normalized spacial score (nSPS) is 46.7. The highest BCUT2D eigenvalue weighted by Crippen LogP contribution is 2.56. The first-order valence-corrected chi connectivity index (χ1v) is 8.30. The van der Waals surface area contributed by atoms with Crippen molar-refractivity contribution in [3.8, 4) is 0 Å². The summed E-state index contributed by atoms with van der Waals surface area (Å²) in [4.78, 5) is 0. The Labute approximate surface area is 122 Å². The van der Waals surface area contributed by atoms with E-state index in [2.05, 4.69) is 19.1 Å². The van der Waals surface area contributed by atoms with Crippen LogP contribution in [0.4, 0.5) is 0 Å². The summed E-state index contributed by atoms with van der Waals surface area (Å²) in [6.45, 7) is 3.35. The standard InChI is InChI=1S/C18H26O2/c1-18-9-7-15-14-6-4-13(19-2)11-12(14)3-5-16(15)17(18)8-10-20-18/h3,11,14-17H,4-10H2,1-2H3/t14-,15+,16+,17-,18-/m0/s1. The Bertz CT molecular complexity index is 464. The molecule has 0 N–H and O–H groups in total. The molecule has 0 aromatic rings. The van der Waals surface area contributed by atoms with Crippen LogP contribution in [0.3, 0.4) is 0 Å². The van der Waals surface area contributed by atoms with Crippen LogP contribution in [0.15, 0.2) is 23.5 Å². The van der Waals surface area contributed by atoms with E-state index in [0.29, 0.717) is 0 Å². The highest BCUT2D eigenvalue weighted by atomic mass is 16.5. The Kier molecular flexibility index (Phi) is 2.99. The molecule has 4 aliphatic rings. The van der Waals surface area contributed by atoms with Crippen LogP contribution in [-0.2, 0) is 9.47 Å². The van der Waals surface area contributed by atoms with Crippen molar-refractivity contribution in [2.24, 2.45) is 23.7 Å². The Morgan fingerprint density at radius 1 is 1.25 bits per heavy atom. The van der Waals surface area contributed by atoms with Crippen molar-refractivity contribution in [2.75, 3.05) is 13.7 Å². The fourth-order valence-corrected chi connectivity index (χ4v) is 5.49. The summed E-state index contributed by atoms with van der Waals surface area (Å²) in [5.41, 5.74) is 1.76. The molecule has 1 heterocycles. The van der Waals surface area contributed by atoms with Crippen molar-refractivity contribution < 1.29 is 9.47 Å². The average molecular weight is 274 g/mol. The van der Waals surface area contributed by atoms with Crippen molar-refractivity contribution in [3.05, 3.63) is 23.5 Å². The summed E-state index contributed by atoms with van der Waals surface area (Å²) in [5.74, 6) is 4.52. The van der Waals surface area contributed by atoms with Crippen molar-refractivity contribution in [1.29, 1.82) is 0 Å². The van der Waals surface area contributed by atoms with Gasteiger partial charge in [0.2, 0.25) is 0 Å². The monoisotopic (exact) mass is 274 g/mol. The molecular weight excluding hydrogens is 248 g/mol. The van der Waals surface area contributed by atoms with Gasteiger partial charge in [0.05, 0.1) is 18.5 Å². The van der Waals surface area contributed by atoms with Crippen molar-refractivity contribution in [3.63, 3.8) is 0 Å². The SMILES string of the molecule is COC1=CC2=CC[C@@H]3[C@H](CC[C@]4(C)OCC[C@@H]34)[C@H]2CC1. The van der Waals surface area contributed by atoms with Gasteiger partial charge in [-0.1, -0.05) is 6.08 Å². The minimum absolute atomic E-state index is 0.189. The van der Waals surface area contributed by atoms with Gasteiger partial charge in [0.25, 0.3) is 0 Å².